The van der Waals surface area contributed by atoms with Crippen molar-refractivity contribution in [3.8, 4) is 22.6 Å². The fourth-order valence-electron chi connectivity index (χ4n) is 3.72. The molecule has 0 atom stereocenters. The number of hydrogen-bond donors (Lipinski definition) is 1. The lowest BCUT2D eigenvalue weighted by Crippen LogP contribution is -2.17. The van der Waals surface area contributed by atoms with Crippen LogP contribution in [0.4, 0.5) is 20.2 Å². The van der Waals surface area contributed by atoms with E-state index >= 15 is 0 Å². The topological polar surface area (TPSA) is 80.6 Å². The van der Waals surface area contributed by atoms with Crippen LogP contribution in [0.3, 0.4) is 0 Å². The molecule has 0 amide bonds. The molecule has 4 aromatic rings. The minimum Gasteiger partial charge on any atom is -0.454 e. The summed E-state index contributed by atoms with van der Waals surface area (Å²) in [4.78, 5) is 14.8. The molecule has 36 heavy (non-hydrogen) atoms. The van der Waals surface area contributed by atoms with Crippen LogP contribution in [0.1, 0.15) is 0 Å². The van der Waals surface area contributed by atoms with Gasteiger partial charge in [0.1, 0.15) is 11.6 Å². The highest BCUT2D eigenvalue weighted by atomic mass is 32.2. The number of anilines is 2. The molecule has 0 saturated heterocycles. The molecule has 0 aliphatic heterocycles. The summed E-state index contributed by atoms with van der Waals surface area (Å²) in [6, 6.07) is 12.7. The van der Waals surface area contributed by atoms with Crippen LogP contribution in [0, 0.1) is 11.6 Å². The van der Waals surface area contributed by atoms with Crippen molar-refractivity contribution >= 4 is 32.2 Å². The second kappa shape index (κ2) is 9.46. The Hall–Kier alpha value is -4.18. The van der Waals surface area contributed by atoms with E-state index < -0.39 is 21.7 Å². The fourth-order valence-corrected chi connectivity index (χ4v) is 4.26. The van der Waals surface area contributed by atoms with Gasteiger partial charge in [-0.1, -0.05) is 12.6 Å². The lowest BCUT2D eigenvalue weighted by Gasteiger charge is -2.18. The van der Waals surface area contributed by atoms with Gasteiger partial charge in [-0.15, -0.1) is 0 Å². The van der Waals surface area contributed by atoms with Crippen LogP contribution in [-0.2, 0) is 17.1 Å². The Bertz CT molecular complexity index is 1660. The van der Waals surface area contributed by atoms with Gasteiger partial charge >= 0.3 is 0 Å². The van der Waals surface area contributed by atoms with Gasteiger partial charge in [0, 0.05) is 66.7 Å². The Morgan fingerprint density at radius 1 is 0.972 bits per heavy atom. The average Bonchev–Trinajstić information content (AvgIpc) is 2.83. The summed E-state index contributed by atoms with van der Waals surface area (Å²) in [5.41, 5.74) is 1.70. The summed E-state index contributed by atoms with van der Waals surface area (Å²) >= 11 is 0. The van der Waals surface area contributed by atoms with Crippen molar-refractivity contribution in [3.63, 3.8) is 0 Å². The number of aromatic nitrogens is 1. The van der Waals surface area contributed by atoms with Crippen molar-refractivity contribution in [3.05, 3.63) is 94.8 Å². The van der Waals surface area contributed by atoms with Crippen molar-refractivity contribution in [2.75, 3.05) is 23.7 Å². The van der Waals surface area contributed by atoms with Crippen molar-refractivity contribution < 1.29 is 21.9 Å². The number of nitrogens with one attached hydrogen (secondary N) is 1. The highest BCUT2D eigenvalue weighted by Gasteiger charge is 2.18. The standard InChI is InChI=1S/C26H23F2N3O4S/c1-5-36(33,34)29-17-7-11-24(35-25-10-6-16(27)12-23(25)28)20(13-17)22-15-31(4)26(32)21-14-18(30(2)3)8-9-19(21)22/h5-15,29H,1H2,2-4H3. The Labute approximate surface area is 206 Å². The largest absolute Gasteiger partial charge is 0.454 e. The van der Waals surface area contributed by atoms with E-state index in [1.165, 1.54) is 22.8 Å². The Morgan fingerprint density at radius 2 is 1.69 bits per heavy atom. The van der Waals surface area contributed by atoms with Crippen LogP contribution in [0.5, 0.6) is 11.5 Å². The van der Waals surface area contributed by atoms with E-state index in [9.17, 15) is 22.0 Å². The van der Waals surface area contributed by atoms with Gasteiger partial charge < -0.3 is 14.2 Å². The van der Waals surface area contributed by atoms with Crippen LogP contribution >= 0.6 is 0 Å². The van der Waals surface area contributed by atoms with Crippen LogP contribution in [0.15, 0.2) is 77.6 Å². The van der Waals surface area contributed by atoms with E-state index in [1.54, 1.807) is 25.4 Å². The van der Waals surface area contributed by atoms with Crippen molar-refractivity contribution in [2.24, 2.45) is 7.05 Å². The van der Waals surface area contributed by atoms with Crippen LogP contribution in [-0.4, -0.2) is 27.1 Å². The van der Waals surface area contributed by atoms with Crippen LogP contribution in [0.25, 0.3) is 21.9 Å². The third-order valence-corrected chi connectivity index (χ3v) is 6.51. The second-order valence-corrected chi connectivity index (χ2v) is 9.91. The number of hydrogen-bond acceptors (Lipinski definition) is 5. The number of benzene rings is 3. The molecule has 1 N–H and O–H groups in total. The minimum atomic E-state index is -3.82. The summed E-state index contributed by atoms with van der Waals surface area (Å²) in [6.45, 7) is 3.29. The molecule has 0 spiro atoms. The number of ether oxygens (including phenoxy) is 1. The number of halogens is 2. The smallest absolute Gasteiger partial charge is 0.258 e. The SMILES string of the molecule is C=CS(=O)(=O)Nc1ccc(Oc2ccc(F)cc2F)c(-c2cn(C)c(=O)c3cc(N(C)C)ccc23)c1. The van der Waals surface area contributed by atoms with E-state index in [4.69, 9.17) is 4.74 Å². The first-order valence-electron chi connectivity index (χ1n) is 10.7. The van der Waals surface area contributed by atoms with Gasteiger partial charge in [-0.3, -0.25) is 9.52 Å². The molecule has 1 heterocycles. The Kier molecular flexibility index (Phi) is 6.55. The van der Waals surface area contributed by atoms with E-state index in [1.807, 2.05) is 25.1 Å². The minimum absolute atomic E-state index is 0.165. The lowest BCUT2D eigenvalue weighted by molar-refractivity contribution is 0.439. The van der Waals surface area contributed by atoms with E-state index in [0.717, 1.165) is 23.2 Å². The molecular formula is C26H23F2N3O4S. The molecule has 0 radical (unpaired) electrons. The molecule has 4 rings (SSSR count). The highest BCUT2D eigenvalue weighted by Crippen LogP contribution is 2.39. The molecule has 0 saturated carbocycles. The normalized spacial score (nSPS) is 11.4. The molecule has 0 bridgehead atoms. The molecule has 1 aromatic heterocycles. The maximum absolute atomic E-state index is 14.4. The van der Waals surface area contributed by atoms with Gasteiger partial charge in [-0.25, -0.2) is 17.2 Å². The zero-order valence-electron chi connectivity index (χ0n) is 19.7. The highest BCUT2D eigenvalue weighted by molar-refractivity contribution is 7.95. The molecule has 0 fully saturated rings. The third kappa shape index (κ3) is 4.94. The van der Waals surface area contributed by atoms with Gasteiger partial charge in [-0.05, 0) is 47.9 Å². The molecule has 0 aliphatic rings. The lowest BCUT2D eigenvalue weighted by atomic mass is 9.98. The number of rotatable bonds is 7. The molecule has 7 nitrogen and oxygen atoms in total. The molecule has 186 valence electrons. The predicted octanol–water partition coefficient (Wildman–Crippen LogP) is 5.23. The van der Waals surface area contributed by atoms with E-state index in [2.05, 4.69) is 11.3 Å². The van der Waals surface area contributed by atoms with Gasteiger partial charge in [0.05, 0.1) is 0 Å². The number of nitrogens with zero attached hydrogens (tertiary/aromatic N) is 2. The monoisotopic (exact) mass is 511 g/mol. The number of aryl methyl sites for hydroxylation is 1. The average molecular weight is 512 g/mol. The Balaban J connectivity index is 1.98. The first-order chi connectivity index (χ1) is 17.0. The Morgan fingerprint density at radius 3 is 2.36 bits per heavy atom. The van der Waals surface area contributed by atoms with Gasteiger partial charge in [0.25, 0.3) is 15.6 Å². The first kappa shape index (κ1) is 24.9. The van der Waals surface area contributed by atoms with E-state index in [0.29, 0.717) is 28.0 Å². The summed E-state index contributed by atoms with van der Waals surface area (Å²) in [5, 5.41) is 1.78. The van der Waals surface area contributed by atoms with Gasteiger partial charge in [-0.2, -0.15) is 0 Å². The predicted molar refractivity (Wildman–Crippen MR) is 138 cm³/mol. The van der Waals surface area contributed by atoms with Crippen molar-refractivity contribution in [2.45, 2.75) is 0 Å². The first-order valence-corrected chi connectivity index (χ1v) is 12.3. The molecule has 10 heteroatoms. The fraction of sp³-hybridized carbons (Fsp3) is 0.115. The van der Waals surface area contributed by atoms with E-state index in [-0.39, 0.29) is 22.7 Å². The summed E-state index contributed by atoms with van der Waals surface area (Å²) in [6.07, 6.45) is 1.59. The number of sulfonamides is 1. The van der Waals surface area contributed by atoms with Crippen LogP contribution < -0.4 is 19.9 Å². The zero-order chi connectivity index (χ0) is 26.2. The second-order valence-electron chi connectivity index (χ2n) is 8.28. The van der Waals surface area contributed by atoms with Crippen LogP contribution in [0.2, 0.25) is 0 Å². The van der Waals surface area contributed by atoms with Gasteiger partial charge in [0.15, 0.2) is 11.6 Å². The van der Waals surface area contributed by atoms with Crippen molar-refractivity contribution in [1.29, 1.82) is 0 Å². The molecule has 0 unspecified atom stereocenters. The zero-order valence-corrected chi connectivity index (χ0v) is 20.6. The van der Waals surface area contributed by atoms with Gasteiger partial charge in [0.2, 0.25) is 0 Å². The third-order valence-electron chi connectivity index (χ3n) is 5.55. The quantitative estimate of drug-likeness (QED) is 0.368. The molecular weight excluding hydrogens is 488 g/mol. The summed E-state index contributed by atoms with van der Waals surface area (Å²) in [5.74, 6) is -1.71. The summed E-state index contributed by atoms with van der Waals surface area (Å²) < 4.78 is 61.6. The molecule has 0 aliphatic carbocycles. The number of fused-ring (bicyclic) bond motifs is 1. The number of pyridine rings is 1. The summed E-state index contributed by atoms with van der Waals surface area (Å²) in [7, 11) is 1.49. The maximum Gasteiger partial charge on any atom is 0.258 e. The maximum atomic E-state index is 14.4. The van der Waals surface area contributed by atoms with Crippen molar-refractivity contribution in [1.82, 2.24) is 4.57 Å². The molecule has 3 aromatic carbocycles.